The van der Waals surface area contributed by atoms with Crippen LogP contribution in [-0.4, -0.2) is 11.9 Å². The Hall–Kier alpha value is -1.31. The molecule has 1 unspecified atom stereocenters. The van der Waals surface area contributed by atoms with Crippen molar-refractivity contribution in [2.24, 2.45) is 0 Å². The molecule has 1 aliphatic rings. The van der Waals surface area contributed by atoms with Crippen LogP contribution in [-0.2, 0) is 10.2 Å². The topological polar surface area (TPSA) is 29.1 Å². The first-order valence-electron chi connectivity index (χ1n) is 7.05. The number of hydrogen-bond acceptors (Lipinski definition) is 1. The van der Waals surface area contributed by atoms with Crippen LogP contribution in [0.1, 0.15) is 51.5 Å². The van der Waals surface area contributed by atoms with Gasteiger partial charge in [-0.2, -0.15) is 0 Å². The van der Waals surface area contributed by atoms with Gasteiger partial charge in [0, 0.05) is 6.04 Å². The third kappa shape index (κ3) is 2.43. The van der Waals surface area contributed by atoms with E-state index in [2.05, 4.69) is 31.3 Å². The molecule has 1 aliphatic carbocycles. The molecule has 2 rings (SSSR count). The molecule has 18 heavy (non-hydrogen) atoms. The highest BCUT2D eigenvalue weighted by molar-refractivity contribution is 5.88. The fraction of sp³-hybridized carbons (Fsp3) is 0.562. The van der Waals surface area contributed by atoms with E-state index in [0.717, 1.165) is 32.1 Å². The lowest BCUT2D eigenvalue weighted by Gasteiger charge is -2.29. The molecule has 2 heteroatoms. The summed E-state index contributed by atoms with van der Waals surface area (Å²) in [7, 11) is 0. The molecule has 1 amide bonds. The second kappa shape index (κ2) is 5.55. The average Bonchev–Trinajstić information content (AvgIpc) is 2.90. The highest BCUT2D eigenvalue weighted by Gasteiger charge is 2.42. The second-order valence-corrected chi connectivity index (χ2v) is 5.44. The first-order chi connectivity index (χ1) is 8.69. The van der Waals surface area contributed by atoms with Crippen LogP contribution in [0.4, 0.5) is 0 Å². The van der Waals surface area contributed by atoms with E-state index >= 15 is 0 Å². The molecular formula is C16H23NO. The van der Waals surface area contributed by atoms with Gasteiger partial charge < -0.3 is 5.32 Å². The van der Waals surface area contributed by atoms with Gasteiger partial charge in [0.25, 0.3) is 0 Å². The van der Waals surface area contributed by atoms with Gasteiger partial charge in [-0.15, -0.1) is 0 Å². The SMILES string of the molecule is CCC(C)NC(=O)C1(c2ccccc2)CCCC1. The van der Waals surface area contributed by atoms with Crippen molar-refractivity contribution in [2.75, 3.05) is 0 Å². The summed E-state index contributed by atoms with van der Waals surface area (Å²) in [5.74, 6) is 0.223. The maximum atomic E-state index is 12.6. The van der Waals surface area contributed by atoms with Crippen molar-refractivity contribution in [2.45, 2.75) is 57.4 Å². The Morgan fingerprint density at radius 2 is 1.89 bits per heavy atom. The number of carbonyl (C=O) groups is 1. The average molecular weight is 245 g/mol. The second-order valence-electron chi connectivity index (χ2n) is 5.44. The molecule has 1 atom stereocenters. The Labute approximate surface area is 110 Å². The molecule has 1 saturated carbocycles. The predicted octanol–water partition coefficient (Wildman–Crippen LogP) is 3.41. The molecule has 1 N–H and O–H groups in total. The molecule has 2 nitrogen and oxygen atoms in total. The number of benzene rings is 1. The molecule has 0 spiro atoms. The Kier molecular flexibility index (Phi) is 4.05. The van der Waals surface area contributed by atoms with Crippen molar-refractivity contribution in [3.05, 3.63) is 35.9 Å². The Bertz CT molecular complexity index is 393. The van der Waals surface area contributed by atoms with Crippen molar-refractivity contribution in [3.63, 3.8) is 0 Å². The number of amides is 1. The minimum Gasteiger partial charge on any atom is -0.353 e. The van der Waals surface area contributed by atoms with Crippen LogP contribution in [0.5, 0.6) is 0 Å². The summed E-state index contributed by atoms with van der Waals surface area (Å²) < 4.78 is 0. The van der Waals surface area contributed by atoms with Crippen LogP contribution in [0.2, 0.25) is 0 Å². The quantitative estimate of drug-likeness (QED) is 0.865. The van der Waals surface area contributed by atoms with E-state index in [1.54, 1.807) is 0 Å². The van der Waals surface area contributed by atoms with Gasteiger partial charge in [-0.05, 0) is 31.7 Å². The molecule has 0 saturated heterocycles. The number of hydrogen-bond donors (Lipinski definition) is 1. The molecule has 0 aromatic heterocycles. The third-order valence-electron chi connectivity index (χ3n) is 4.21. The van der Waals surface area contributed by atoms with E-state index in [0.29, 0.717) is 0 Å². The maximum Gasteiger partial charge on any atom is 0.230 e. The Morgan fingerprint density at radius 3 is 2.44 bits per heavy atom. The van der Waals surface area contributed by atoms with Gasteiger partial charge in [-0.1, -0.05) is 50.1 Å². The van der Waals surface area contributed by atoms with Gasteiger partial charge in [0.2, 0.25) is 5.91 Å². The standard InChI is InChI=1S/C16H23NO/c1-3-13(2)17-15(18)16(11-7-8-12-16)14-9-5-4-6-10-14/h4-6,9-10,13H,3,7-8,11-12H2,1-2H3,(H,17,18). The lowest BCUT2D eigenvalue weighted by atomic mass is 9.78. The van der Waals surface area contributed by atoms with Gasteiger partial charge in [0.1, 0.15) is 0 Å². The number of rotatable bonds is 4. The van der Waals surface area contributed by atoms with Crippen LogP contribution >= 0.6 is 0 Å². The zero-order valence-electron chi connectivity index (χ0n) is 11.4. The molecule has 1 aromatic rings. The van der Waals surface area contributed by atoms with Gasteiger partial charge >= 0.3 is 0 Å². The maximum absolute atomic E-state index is 12.6. The summed E-state index contributed by atoms with van der Waals surface area (Å²) in [5.41, 5.74) is 0.910. The fourth-order valence-corrected chi connectivity index (χ4v) is 2.85. The normalized spacial score (nSPS) is 19.4. The minimum absolute atomic E-state index is 0.223. The van der Waals surface area contributed by atoms with E-state index < -0.39 is 0 Å². The van der Waals surface area contributed by atoms with Gasteiger partial charge in [0.05, 0.1) is 5.41 Å². The van der Waals surface area contributed by atoms with Crippen molar-refractivity contribution >= 4 is 5.91 Å². The van der Waals surface area contributed by atoms with Crippen molar-refractivity contribution < 1.29 is 4.79 Å². The van der Waals surface area contributed by atoms with Crippen LogP contribution in [0.25, 0.3) is 0 Å². The Balaban J connectivity index is 2.25. The van der Waals surface area contributed by atoms with Gasteiger partial charge in [-0.3, -0.25) is 4.79 Å². The lowest BCUT2D eigenvalue weighted by molar-refractivity contribution is -0.127. The summed E-state index contributed by atoms with van der Waals surface area (Å²) in [4.78, 5) is 12.6. The summed E-state index contributed by atoms with van der Waals surface area (Å²) in [6, 6.07) is 10.5. The summed E-state index contributed by atoms with van der Waals surface area (Å²) in [6.07, 6.45) is 5.26. The molecule has 0 radical (unpaired) electrons. The van der Waals surface area contributed by atoms with E-state index in [1.165, 1.54) is 5.56 Å². The number of carbonyl (C=O) groups excluding carboxylic acids is 1. The van der Waals surface area contributed by atoms with Crippen molar-refractivity contribution in [1.82, 2.24) is 5.32 Å². The van der Waals surface area contributed by atoms with Crippen LogP contribution in [0, 0.1) is 0 Å². The highest BCUT2D eigenvalue weighted by Crippen LogP contribution is 2.41. The van der Waals surface area contributed by atoms with E-state index in [9.17, 15) is 4.79 Å². The van der Waals surface area contributed by atoms with E-state index in [1.807, 2.05) is 18.2 Å². The van der Waals surface area contributed by atoms with E-state index in [-0.39, 0.29) is 17.4 Å². The molecular weight excluding hydrogens is 222 g/mol. The summed E-state index contributed by atoms with van der Waals surface area (Å²) in [5, 5.41) is 3.17. The Morgan fingerprint density at radius 1 is 1.28 bits per heavy atom. The van der Waals surface area contributed by atoms with Crippen LogP contribution < -0.4 is 5.32 Å². The minimum atomic E-state index is -0.273. The molecule has 1 fully saturated rings. The molecule has 98 valence electrons. The summed E-state index contributed by atoms with van der Waals surface area (Å²) in [6.45, 7) is 4.18. The first-order valence-corrected chi connectivity index (χ1v) is 7.05. The monoisotopic (exact) mass is 245 g/mol. The fourth-order valence-electron chi connectivity index (χ4n) is 2.85. The van der Waals surface area contributed by atoms with Crippen LogP contribution in [0.3, 0.4) is 0 Å². The van der Waals surface area contributed by atoms with E-state index in [4.69, 9.17) is 0 Å². The molecule has 0 bridgehead atoms. The number of nitrogens with one attached hydrogen (secondary N) is 1. The van der Waals surface area contributed by atoms with Crippen molar-refractivity contribution in [1.29, 1.82) is 0 Å². The van der Waals surface area contributed by atoms with Crippen molar-refractivity contribution in [3.8, 4) is 0 Å². The zero-order valence-corrected chi connectivity index (χ0v) is 11.4. The lowest BCUT2D eigenvalue weighted by Crippen LogP contribution is -2.45. The highest BCUT2D eigenvalue weighted by atomic mass is 16.2. The molecule has 1 aromatic carbocycles. The zero-order chi connectivity index (χ0) is 13.0. The molecule has 0 aliphatic heterocycles. The molecule has 0 heterocycles. The third-order valence-corrected chi connectivity index (χ3v) is 4.21. The predicted molar refractivity (Wildman–Crippen MR) is 74.5 cm³/mol. The first kappa shape index (κ1) is 13.1. The van der Waals surface area contributed by atoms with Gasteiger partial charge in [0.15, 0.2) is 0 Å². The van der Waals surface area contributed by atoms with Gasteiger partial charge in [-0.25, -0.2) is 0 Å². The summed E-state index contributed by atoms with van der Waals surface area (Å²) >= 11 is 0. The largest absolute Gasteiger partial charge is 0.353 e. The van der Waals surface area contributed by atoms with Crippen LogP contribution in [0.15, 0.2) is 30.3 Å². The smallest absolute Gasteiger partial charge is 0.230 e.